The number of rotatable bonds is 7. The zero-order valence-electron chi connectivity index (χ0n) is 17.8. The maximum Gasteiger partial charge on any atom is 0.232 e. The van der Waals surface area contributed by atoms with Crippen LogP contribution in [0.5, 0.6) is 0 Å². The Labute approximate surface area is 180 Å². The molecule has 0 saturated heterocycles. The fourth-order valence-electron chi connectivity index (χ4n) is 3.41. The van der Waals surface area contributed by atoms with Gasteiger partial charge in [-0.15, -0.1) is 0 Å². The standard InChI is InChI=1S/C22H25F2N3O3S/c1-5-8-31(29,30)27-17-7-6-16(23)19(20(17)24)18(28)10-13-9-14-15(22(2,3)4)12-26-21(14)25-11-13/h6-7,9,11-12,27H,5,8,10H2,1-4H3,(H,25,26). The molecular formula is C22H25F2N3O3S. The average molecular weight is 450 g/mol. The third-order valence-electron chi connectivity index (χ3n) is 4.87. The zero-order valence-corrected chi connectivity index (χ0v) is 18.7. The van der Waals surface area contributed by atoms with Crippen molar-refractivity contribution in [1.29, 1.82) is 0 Å². The van der Waals surface area contributed by atoms with Crippen molar-refractivity contribution in [3.63, 3.8) is 0 Å². The van der Waals surface area contributed by atoms with Gasteiger partial charge in [0.15, 0.2) is 11.6 Å². The molecular weight excluding hydrogens is 424 g/mol. The van der Waals surface area contributed by atoms with Crippen LogP contribution < -0.4 is 4.72 Å². The summed E-state index contributed by atoms with van der Waals surface area (Å²) in [6.07, 6.45) is 3.38. The number of fused-ring (bicyclic) bond motifs is 1. The van der Waals surface area contributed by atoms with Gasteiger partial charge in [-0.25, -0.2) is 22.2 Å². The topological polar surface area (TPSA) is 91.9 Å². The molecule has 0 unspecified atom stereocenters. The number of hydrogen-bond acceptors (Lipinski definition) is 4. The van der Waals surface area contributed by atoms with Crippen LogP contribution in [0.25, 0.3) is 11.0 Å². The highest BCUT2D eigenvalue weighted by Gasteiger charge is 2.24. The van der Waals surface area contributed by atoms with Gasteiger partial charge >= 0.3 is 0 Å². The molecule has 0 fully saturated rings. The maximum atomic E-state index is 14.9. The van der Waals surface area contributed by atoms with Crippen molar-refractivity contribution in [3.05, 3.63) is 58.9 Å². The molecule has 0 saturated carbocycles. The van der Waals surface area contributed by atoms with Gasteiger partial charge in [0.05, 0.1) is 17.0 Å². The van der Waals surface area contributed by atoms with Gasteiger partial charge in [0.25, 0.3) is 0 Å². The molecule has 0 aliphatic carbocycles. The fraction of sp³-hybridized carbons (Fsp3) is 0.364. The molecule has 0 bridgehead atoms. The molecule has 2 aromatic heterocycles. The number of ketones is 1. The van der Waals surface area contributed by atoms with E-state index < -0.39 is 38.7 Å². The number of nitrogens with zero attached hydrogens (tertiary/aromatic N) is 1. The van der Waals surface area contributed by atoms with Gasteiger partial charge in [-0.1, -0.05) is 27.7 Å². The number of halogens is 2. The van der Waals surface area contributed by atoms with E-state index in [4.69, 9.17) is 0 Å². The number of Topliss-reactive ketones (excluding diaryl/α,β-unsaturated/α-hetero) is 1. The molecule has 166 valence electrons. The lowest BCUT2D eigenvalue weighted by Crippen LogP contribution is -2.19. The SMILES string of the molecule is CCCS(=O)(=O)Nc1ccc(F)c(C(=O)Cc2cnc3[nH]cc(C(C)(C)C)c3c2)c1F. The smallest absolute Gasteiger partial charge is 0.232 e. The van der Waals surface area contributed by atoms with Crippen LogP contribution in [0.4, 0.5) is 14.5 Å². The van der Waals surface area contributed by atoms with Crippen molar-refractivity contribution in [2.45, 2.75) is 46.0 Å². The summed E-state index contributed by atoms with van der Waals surface area (Å²) < 4.78 is 55.2. The number of carbonyl (C=O) groups excluding carboxylic acids is 1. The molecule has 3 aromatic rings. The van der Waals surface area contributed by atoms with E-state index in [-0.39, 0.29) is 17.6 Å². The second-order valence-corrected chi connectivity index (χ2v) is 10.3. The predicted molar refractivity (Wildman–Crippen MR) is 117 cm³/mol. The Morgan fingerprint density at radius 3 is 2.58 bits per heavy atom. The lowest BCUT2D eigenvalue weighted by Gasteiger charge is -2.17. The van der Waals surface area contributed by atoms with Crippen LogP contribution >= 0.6 is 0 Å². The third-order valence-corrected chi connectivity index (χ3v) is 6.35. The molecule has 6 nitrogen and oxygen atoms in total. The Kier molecular flexibility index (Phi) is 6.18. The summed E-state index contributed by atoms with van der Waals surface area (Å²) in [6.45, 7) is 7.80. The van der Waals surface area contributed by atoms with E-state index in [1.54, 1.807) is 13.0 Å². The Bertz CT molecular complexity index is 1240. The first-order chi connectivity index (χ1) is 14.4. The van der Waals surface area contributed by atoms with Gasteiger partial charge in [-0.3, -0.25) is 9.52 Å². The molecule has 9 heteroatoms. The van der Waals surface area contributed by atoms with Crippen LogP contribution in [0.15, 0.2) is 30.6 Å². The lowest BCUT2D eigenvalue weighted by molar-refractivity contribution is 0.0985. The fourth-order valence-corrected chi connectivity index (χ4v) is 4.54. The van der Waals surface area contributed by atoms with Gasteiger partial charge in [0.2, 0.25) is 10.0 Å². The Morgan fingerprint density at radius 2 is 1.94 bits per heavy atom. The minimum atomic E-state index is -3.80. The van der Waals surface area contributed by atoms with E-state index in [1.807, 2.05) is 27.0 Å². The minimum Gasteiger partial charge on any atom is -0.346 e. The summed E-state index contributed by atoms with van der Waals surface area (Å²) in [5, 5.41) is 0.833. The van der Waals surface area contributed by atoms with Crippen LogP contribution in [0, 0.1) is 11.6 Å². The number of carbonyl (C=O) groups is 1. The van der Waals surface area contributed by atoms with Crippen molar-refractivity contribution in [2.24, 2.45) is 0 Å². The molecule has 0 atom stereocenters. The van der Waals surface area contributed by atoms with E-state index in [0.29, 0.717) is 17.6 Å². The highest BCUT2D eigenvalue weighted by atomic mass is 32.2. The molecule has 0 amide bonds. The monoisotopic (exact) mass is 449 g/mol. The van der Waals surface area contributed by atoms with Crippen molar-refractivity contribution < 1.29 is 22.0 Å². The molecule has 0 aliphatic heterocycles. The van der Waals surface area contributed by atoms with Crippen molar-refractivity contribution in [2.75, 3.05) is 10.5 Å². The van der Waals surface area contributed by atoms with Gasteiger partial charge in [-0.2, -0.15) is 0 Å². The van der Waals surface area contributed by atoms with Crippen LogP contribution in [-0.2, 0) is 21.9 Å². The summed E-state index contributed by atoms with van der Waals surface area (Å²) in [5.74, 6) is -3.30. The Balaban J connectivity index is 1.94. The van der Waals surface area contributed by atoms with Gasteiger partial charge in [0, 0.05) is 24.2 Å². The normalized spacial score (nSPS) is 12.3. The Morgan fingerprint density at radius 1 is 1.23 bits per heavy atom. The quantitative estimate of drug-likeness (QED) is 0.511. The molecule has 0 aliphatic rings. The summed E-state index contributed by atoms with van der Waals surface area (Å²) in [7, 11) is -3.80. The zero-order chi connectivity index (χ0) is 23.0. The van der Waals surface area contributed by atoms with E-state index >= 15 is 0 Å². The predicted octanol–water partition coefficient (Wildman–Crippen LogP) is 4.72. The molecule has 2 N–H and O–H groups in total. The molecule has 0 spiro atoms. The third kappa shape index (κ3) is 4.92. The molecule has 0 radical (unpaired) electrons. The number of hydrogen-bond donors (Lipinski definition) is 2. The number of nitrogens with one attached hydrogen (secondary N) is 2. The van der Waals surface area contributed by atoms with Gasteiger partial charge in [-0.05, 0) is 41.2 Å². The number of benzene rings is 1. The van der Waals surface area contributed by atoms with E-state index in [0.717, 1.165) is 23.1 Å². The van der Waals surface area contributed by atoms with Crippen LogP contribution in [-0.4, -0.2) is 29.9 Å². The van der Waals surface area contributed by atoms with Gasteiger partial charge < -0.3 is 4.98 Å². The minimum absolute atomic E-state index is 0.162. The van der Waals surface area contributed by atoms with E-state index in [1.165, 1.54) is 6.20 Å². The number of anilines is 1. The summed E-state index contributed by atoms with van der Waals surface area (Å²) in [4.78, 5) is 20.2. The number of H-pyrrole nitrogens is 1. The summed E-state index contributed by atoms with van der Waals surface area (Å²) >= 11 is 0. The van der Waals surface area contributed by atoms with E-state index in [2.05, 4.69) is 14.7 Å². The highest BCUT2D eigenvalue weighted by Crippen LogP contribution is 2.30. The second-order valence-electron chi connectivity index (χ2n) is 8.50. The van der Waals surface area contributed by atoms with Gasteiger partial charge in [0.1, 0.15) is 11.5 Å². The molecule has 31 heavy (non-hydrogen) atoms. The molecule has 1 aromatic carbocycles. The number of aromatic nitrogens is 2. The van der Waals surface area contributed by atoms with Crippen LogP contribution in [0.2, 0.25) is 0 Å². The second kappa shape index (κ2) is 8.37. The molecule has 3 rings (SSSR count). The first kappa shape index (κ1) is 22.9. The van der Waals surface area contributed by atoms with Crippen LogP contribution in [0.3, 0.4) is 0 Å². The number of pyridine rings is 1. The molecule has 2 heterocycles. The van der Waals surface area contributed by atoms with Crippen LogP contribution in [0.1, 0.15) is 55.6 Å². The highest BCUT2D eigenvalue weighted by molar-refractivity contribution is 7.92. The van der Waals surface area contributed by atoms with Crippen molar-refractivity contribution >= 4 is 32.5 Å². The Hall–Kier alpha value is -2.81. The number of aromatic amines is 1. The number of sulfonamides is 1. The van der Waals surface area contributed by atoms with E-state index in [9.17, 15) is 22.0 Å². The van der Waals surface area contributed by atoms with Crippen molar-refractivity contribution in [1.82, 2.24) is 9.97 Å². The maximum absolute atomic E-state index is 14.9. The summed E-state index contributed by atoms with van der Waals surface area (Å²) in [6, 6.07) is 3.63. The first-order valence-electron chi connectivity index (χ1n) is 9.91. The first-order valence-corrected chi connectivity index (χ1v) is 11.6. The average Bonchev–Trinajstić information content (AvgIpc) is 3.07. The van der Waals surface area contributed by atoms with Crippen molar-refractivity contribution in [3.8, 4) is 0 Å². The largest absolute Gasteiger partial charge is 0.346 e. The lowest BCUT2D eigenvalue weighted by atomic mass is 9.87. The summed E-state index contributed by atoms with van der Waals surface area (Å²) in [5.41, 5.74) is 0.776.